The Kier molecular flexibility index (Phi) is 3.24. The molecule has 0 aromatic carbocycles. The lowest BCUT2D eigenvalue weighted by Gasteiger charge is -2.06. The van der Waals surface area contributed by atoms with E-state index < -0.39 is 18.0 Å². The van der Waals surface area contributed by atoms with Crippen LogP contribution in [0.15, 0.2) is 18.3 Å². The highest BCUT2D eigenvalue weighted by Gasteiger charge is 2.21. The first-order chi connectivity index (χ1) is 8.56. The largest absolute Gasteiger partial charge is 0.478 e. The van der Waals surface area contributed by atoms with Gasteiger partial charge in [0.15, 0.2) is 5.82 Å². The molecule has 0 spiro atoms. The Balaban J connectivity index is 2.28. The first kappa shape index (κ1) is 12.1. The molecule has 0 bridgehead atoms. The molecule has 1 atom stereocenters. The van der Waals surface area contributed by atoms with Gasteiger partial charge in [-0.15, -0.1) is 0 Å². The summed E-state index contributed by atoms with van der Waals surface area (Å²) in [7, 11) is 0. The number of rotatable bonds is 2. The fourth-order valence-electron chi connectivity index (χ4n) is 1.47. The number of carboxylic acids is 1. The van der Waals surface area contributed by atoms with Crippen LogP contribution in [-0.2, 0) is 9.59 Å². The van der Waals surface area contributed by atoms with Crippen molar-refractivity contribution in [3.63, 3.8) is 0 Å². The fourth-order valence-corrected chi connectivity index (χ4v) is 1.47. The van der Waals surface area contributed by atoms with E-state index in [-0.39, 0.29) is 6.54 Å². The van der Waals surface area contributed by atoms with Gasteiger partial charge in [-0.25, -0.2) is 9.78 Å². The molecule has 2 rings (SSSR count). The minimum atomic E-state index is -1.14. The van der Waals surface area contributed by atoms with Crippen LogP contribution in [0.3, 0.4) is 0 Å². The van der Waals surface area contributed by atoms with Crippen LogP contribution in [0.1, 0.15) is 5.56 Å². The van der Waals surface area contributed by atoms with Crippen LogP contribution < -0.4 is 10.6 Å². The molecule has 7 heteroatoms. The number of aliphatic carboxylic acids is 1. The Morgan fingerprint density at radius 3 is 3.06 bits per heavy atom. The van der Waals surface area contributed by atoms with E-state index in [9.17, 15) is 14.7 Å². The topological polar surface area (TPSA) is 112 Å². The summed E-state index contributed by atoms with van der Waals surface area (Å²) in [5.74, 6) is -1.27. The Morgan fingerprint density at radius 2 is 2.33 bits per heavy atom. The Morgan fingerprint density at radius 1 is 1.56 bits per heavy atom. The molecule has 0 fully saturated rings. The van der Waals surface area contributed by atoms with Crippen molar-refractivity contribution in [1.82, 2.24) is 4.98 Å². The van der Waals surface area contributed by atoms with Gasteiger partial charge in [0.1, 0.15) is 6.10 Å². The molecule has 7 nitrogen and oxygen atoms in total. The highest BCUT2D eigenvalue weighted by molar-refractivity contribution is 5.97. The van der Waals surface area contributed by atoms with Crippen LogP contribution in [0, 0.1) is 0 Å². The summed E-state index contributed by atoms with van der Waals surface area (Å²) in [5.41, 5.74) is 1.11. The average molecular weight is 249 g/mol. The van der Waals surface area contributed by atoms with Crippen molar-refractivity contribution in [3.05, 3.63) is 23.9 Å². The normalized spacial score (nSPS) is 18.7. The number of carbonyl (C=O) groups is 2. The molecule has 1 aliphatic heterocycles. The lowest BCUT2D eigenvalue weighted by molar-refractivity contribution is -0.131. The molecule has 0 saturated heterocycles. The van der Waals surface area contributed by atoms with Crippen molar-refractivity contribution < 1.29 is 19.8 Å². The fraction of sp³-hybridized carbons (Fsp3) is 0.182. The van der Waals surface area contributed by atoms with Gasteiger partial charge in [0, 0.05) is 18.8 Å². The molecular formula is C11H11N3O4. The lowest BCUT2D eigenvalue weighted by atomic mass is 10.2. The summed E-state index contributed by atoms with van der Waals surface area (Å²) >= 11 is 0. The first-order valence-electron chi connectivity index (χ1n) is 5.20. The van der Waals surface area contributed by atoms with Gasteiger partial charge in [-0.2, -0.15) is 0 Å². The minimum absolute atomic E-state index is 0.0760. The number of nitrogens with one attached hydrogen (secondary N) is 2. The molecule has 1 amide bonds. The maximum atomic E-state index is 11.3. The molecule has 0 unspecified atom stereocenters. The van der Waals surface area contributed by atoms with Crippen molar-refractivity contribution in [2.45, 2.75) is 6.10 Å². The Labute approximate surface area is 102 Å². The van der Waals surface area contributed by atoms with Gasteiger partial charge in [-0.1, -0.05) is 0 Å². The molecule has 4 N–H and O–H groups in total. The molecule has 0 aliphatic carbocycles. The summed E-state index contributed by atoms with van der Waals surface area (Å²) < 4.78 is 0. The second-order valence-corrected chi connectivity index (χ2v) is 3.72. The number of aliphatic hydroxyl groups is 1. The van der Waals surface area contributed by atoms with E-state index in [2.05, 4.69) is 15.6 Å². The zero-order valence-corrected chi connectivity index (χ0v) is 9.25. The molecule has 2 heterocycles. The molecule has 1 aromatic heterocycles. The van der Waals surface area contributed by atoms with Crippen molar-refractivity contribution in [2.75, 3.05) is 17.2 Å². The number of anilines is 2. The van der Waals surface area contributed by atoms with E-state index in [1.165, 1.54) is 12.3 Å². The van der Waals surface area contributed by atoms with Crippen LogP contribution in [-0.4, -0.2) is 39.7 Å². The zero-order valence-electron chi connectivity index (χ0n) is 9.25. The number of hydrogen-bond acceptors (Lipinski definition) is 5. The van der Waals surface area contributed by atoms with Gasteiger partial charge in [0.2, 0.25) is 0 Å². The van der Waals surface area contributed by atoms with E-state index in [0.29, 0.717) is 17.1 Å². The van der Waals surface area contributed by atoms with Gasteiger partial charge >= 0.3 is 5.97 Å². The minimum Gasteiger partial charge on any atom is -0.478 e. The van der Waals surface area contributed by atoms with E-state index in [1.54, 1.807) is 6.07 Å². The third kappa shape index (κ3) is 2.64. The molecule has 1 aromatic rings. The number of nitrogens with zero attached hydrogens (tertiary/aromatic N) is 1. The predicted molar refractivity (Wildman–Crippen MR) is 64.0 cm³/mol. The zero-order chi connectivity index (χ0) is 13.1. The third-order valence-corrected chi connectivity index (χ3v) is 2.36. The van der Waals surface area contributed by atoms with Gasteiger partial charge in [0.05, 0.1) is 5.69 Å². The molecule has 18 heavy (non-hydrogen) atoms. The molecule has 0 saturated carbocycles. The number of carbonyl (C=O) groups excluding carboxylic acids is 1. The Bertz CT molecular complexity index is 527. The lowest BCUT2D eigenvalue weighted by Crippen LogP contribution is -2.30. The summed E-state index contributed by atoms with van der Waals surface area (Å²) in [5, 5.41) is 23.2. The van der Waals surface area contributed by atoms with Crippen LogP contribution in [0.2, 0.25) is 0 Å². The predicted octanol–water partition coefficient (Wildman–Crippen LogP) is -0.0957. The van der Waals surface area contributed by atoms with Gasteiger partial charge in [0.25, 0.3) is 5.91 Å². The Hall–Kier alpha value is -2.41. The number of amides is 1. The summed E-state index contributed by atoms with van der Waals surface area (Å²) in [6, 6.07) is 1.64. The van der Waals surface area contributed by atoms with Crippen LogP contribution in [0.4, 0.5) is 11.5 Å². The quantitative estimate of drug-likeness (QED) is 0.545. The van der Waals surface area contributed by atoms with Crippen molar-refractivity contribution in [3.8, 4) is 0 Å². The second kappa shape index (κ2) is 4.84. The number of hydrogen-bond donors (Lipinski definition) is 4. The van der Waals surface area contributed by atoms with Crippen molar-refractivity contribution in [1.29, 1.82) is 0 Å². The number of aromatic nitrogens is 1. The third-order valence-electron chi connectivity index (χ3n) is 2.36. The number of aliphatic hydroxyl groups excluding tert-OH is 1. The monoisotopic (exact) mass is 249 g/mol. The summed E-state index contributed by atoms with van der Waals surface area (Å²) in [4.78, 5) is 25.7. The van der Waals surface area contributed by atoms with Crippen molar-refractivity contribution >= 4 is 29.5 Å². The van der Waals surface area contributed by atoms with Crippen LogP contribution >= 0.6 is 0 Å². The maximum Gasteiger partial charge on any atom is 0.328 e. The van der Waals surface area contributed by atoms with E-state index in [0.717, 1.165) is 6.08 Å². The molecular weight excluding hydrogens is 238 g/mol. The summed E-state index contributed by atoms with van der Waals surface area (Å²) in [6.07, 6.45) is 2.67. The molecule has 94 valence electrons. The molecule has 0 radical (unpaired) electrons. The highest BCUT2D eigenvalue weighted by Crippen LogP contribution is 2.23. The number of carboxylic acid groups (broad SMARTS) is 1. The maximum absolute atomic E-state index is 11.3. The average Bonchev–Trinajstić information content (AvgIpc) is 2.47. The van der Waals surface area contributed by atoms with Gasteiger partial charge < -0.3 is 20.8 Å². The number of β-amino-alcohol motifs (C(OH)–C–C–N with tert-alkyl or cyclic N) is 1. The van der Waals surface area contributed by atoms with Crippen molar-refractivity contribution in [2.24, 2.45) is 0 Å². The first-order valence-corrected chi connectivity index (χ1v) is 5.20. The van der Waals surface area contributed by atoms with E-state index in [1.807, 2.05) is 0 Å². The smallest absolute Gasteiger partial charge is 0.328 e. The van der Waals surface area contributed by atoms with Gasteiger partial charge in [-0.05, 0) is 17.7 Å². The van der Waals surface area contributed by atoms with Crippen LogP contribution in [0.25, 0.3) is 6.08 Å². The van der Waals surface area contributed by atoms with Gasteiger partial charge in [-0.3, -0.25) is 4.79 Å². The number of fused-ring (bicyclic) bond motifs is 1. The standard InChI is InChI=1S/C11H11N3O4/c15-8-5-12-7-3-6(1-2-9(16)17)4-13-10(7)14-11(8)18/h1-4,8,12,15H,5H2,(H,16,17)(H,13,14,18)/b2-1+/t8-/m0/s1. The van der Waals surface area contributed by atoms with E-state index in [4.69, 9.17) is 5.11 Å². The second-order valence-electron chi connectivity index (χ2n) is 3.72. The SMILES string of the molecule is O=C(O)/C=C/c1cnc2c(c1)NC[C@H](O)C(=O)N2. The van der Waals surface area contributed by atoms with Crippen LogP contribution in [0.5, 0.6) is 0 Å². The molecule has 1 aliphatic rings. The number of pyridine rings is 1. The highest BCUT2D eigenvalue weighted by atomic mass is 16.4. The summed E-state index contributed by atoms with van der Waals surface area (Å²) in [6.45, 7) is 0.0760. The van der Waals surface area contributed by atoms with E-state index >= 15 is 0 Å².